The standard InChI is InChI=1S/C18H13F2N5O.C18H14FN5O/c19-13-6-5-12(9-14(13)20)25-8-7-17(23-25)22-18(26)10-24-11-21-15-3-1-2-4-16(15)24;19-13-4-3-5-14(10-13)24-9-8-17(22-24)21-18(25)11-23-12-20-15-6-1-2-7-16(15)23/h1-9,11H,10H2,(H,22,23,26);1-10,12H,11H2,(H,21,22,25). The van der Waals surface area contributed by atoms with Crippen LogP contribution in [-0.4, -0.2) is 50.5 Å². The predicted molar refractivity (Wildman–Crippen MR) is 184 cm³/mol. The van der Waals surface area contributed by atoms with Gasteiger partial charge in [-0.15, -0.1) is 0 Å². The molecular formula is C36H27F3N10O2. The van der Waals surface area contributed by atoms with Crippen LogP contribution in [0.3, 0.4) is 0 Å². The number of hydrogen-bond acceptors (Lipinski definition) is 6. The molecule has 4 aromatic heterocycles. The van der Waals surface area contributed by atoms with Crippen LogP contribution in [0, 0.1) is 17.5 Å². The number of imidazole rings is 2. The second-order valence-electron chi connectivity index (χ2n) is 11.2. The van der Waals surface area contributed by atoms with Crippen molar-refractivity contribution in [3.63, 3.8) is 0 Å². The molecule has 4 aromatic carbocycles. The van der Waals surface area contributed by atoms with Crippen molar-refractivity contribution in [3.05, 3.63) is 146 Å². The number of halogens is 3. The molecule has 0 unspecified atom stereocenters. The van der Waals surface area contributed by atoms with Crippen LogP contribution in [0.5, 0.6) is 0 Å². The van der Waals surface area contributed by atoms with Crippen LogP contribution in [0.4, 0.5) is 24.8 Å². The lowest BCUT2D eigenvalue weighted by molar-refractivity contribution is -0.117. The highest BCUT2D eigenvalue weighted by atomic mass is 19.2. The fourth-order valence-electron chi connectivity index (χ4n) is 5.26. The maximum atomic E-state index is 13.3. The highest BCUT2D eigenvalue weighted by Crippen LogP contribution is 2.17. The lowest BCUT2D eigenvalue weighted by Crippen LogP contribution is -2.18. The molecule has 0 aliphatic heterocycles. The van der Waals surface area contributed by atoms with Gasteiger partial charge >= 0.3 is 0 Å². The number of rotatable bonds is 8. The molecule has 0 bridgehead atoms. The first kappa shape index (κ1) is 32.5. The lowest BCUT2D eigenvalue weighted by Gasteiger charge is -2.05. The fraction of sp³-hybridized carbons (Fsp3) is 0.0556. The second kappa shape index (κ2) is 14.2. The van der Waals surface area contributed by atoms with Crippen LogP contribution >= 0.6 is 0 Å². The molecule has 254 valence electrons. The van der Waals surface area contributed by atoms with Crippen molar-refractivity contribution in [1.29, 1.82) is 0 Å². The minimum Gasteiger partial charge on any atom is -0.321 e. The van der Waals surface area contributed by atoms with E-state index in [1.54, 1.807) is 58.4 Å². The van der Waals surface area contributed by atoms with Gasteiger partial charge in [0.15, 0.2) is 23.3 Å². The summed E-state index contributed by atoms with van der Waals surface area (Å²) in [5.74, 6) is -2.01. The zero-order valence-electron chi connectivity index (χ0n) is 26.6. The van der Waals surface area contributed by atoms with Gasteiger partial charge in [-0.2, -0.15) is 10.2 Å². The minimum absolute atomic E-state index is 0.0819. The Morgan fingerprint density at radius 3 is 1.63 bits per heavy atom. The van der Waals surface area contributed by atoms with Gasteiger partial charge in [-0.25, -0.2) is 32.5 Å². The Bertz CT molecular complexity index is 2500. The number of benzene rings is 4. The van der Waals surface area contributed by atoms with Crippen molar-refractivity contribution in [3.8, 4) is 11.4 Å². The van der Waals surface area contributed by atoms with Gasteiger partial charge in [0, 0.05) is 30.6 Å². The molecule has 0 saturated carbocycles. The Kier molecular flexibility index (Phi) is 9.06. The Balaban J connectivity index is 0.000000159. The Hall–Kier alpha value is -7.03. The third-order valence-electron chi connectivity index (χ3n) is 7.64. The van der Waals surface area contributed by atoms with Crippen LogP contribution < -0.4 is 10.6 Å². The number of nitrogens with zero attached hydrogens (tertiary/aromatic N) is 8. The number of amides is 2. The quantitative estimate of drug-likeness (QED) is 0.197. The molecule has 8 rings (SSSR count). The van der Waals surface area contributed by atoms with Gasteiger partial charge in [-0.05, 0) is 54.6 Å². The molecule has 0 saturated heterocycles. The maximum Gasteiger partial charge on any atom is 0.245 e. The molecule has 4 heterocycles. The number of carbonyl (C=O) groups is 2. The second-order valence-corrected chi connectivity index (χ2v) is 11.2. The first-order valence-electron chi connectivity index (χ1n) is 15.5. The molecule has 0 aliphatic carbocycles. The third-order valence-corrected chi connectivity index (χ3v) is 7.64. The van der Waals surface area contributed by atoms with Gasteiger partial charge in [-0.1, -0.05) is 30.3 Å². The van der Waals surface area contributed by atoms with Crippen LogP contribution in [0.2, 0.25) is 0 Å². The predicted octanol–water partition coefficient (Wildman–Crippen LogP) is 6.14. The number of fused-ring (bicyclic) bond motifs is 2. The van der Waals surface area contributed by atoms with Crippen molar-refractivity contribution >= 4 is 45.5 Å². The molecule has 15 heteroatoms. The van der Waals surface area contributed by atoms with E-state index in [0.717, 1.165) is 34.2 Å². The van der Waals surface area contributed by atoms with Crippen molar-refractivity contribution in [1.82, 2.24) is 38.7 Å². The van der Waals surface area contributed by atoms with Gasteiger partial charge in [0.05, 0.1) is 46.1 Å². The number of anilines is 2. The van der Waals surface area contributed by atoms with E-state index in [0.29, 0.717) is 23.0 Å². The average molecular weight is 689 g/mol. The van der Waals surface area contributed by atoms with E-state index in [1.165, 1.54) is 27.6 Å². The first-order chi connectivity index (χ1) is 24.8. The zero-order chi connectivity index (χ0) is 35.3. The molecule has 8 aromatic rings. The third kappa shape index (κ3) is 7.51. The number of para-hydroxylation sites is 4. The van der Waals surface area contributed by atoms with Gasteiger partial charge in [0.1, 0.15) is 18.9 Å². The van der Waals surface area contributed by atoms with Crippen molar-refractivity contribution < 1.29 is 22.8 Å². The van der Waals surface area contributed by atoms with Crippen molar-refractivity contribution in [2.24, 2.45) is 0 Å². The van der Waals surface area contributed by atoms with Gasteiger partial charge < -0.3 is 19.8 Å². The number of carbonyl (C=O) groups excluding carboxylic acids is 2. The van der Waals surface area contributed by atoms with Crippen LogP contribution in [-0.2, 0) is 22.7 Å². The lowest BCUT2D eigenvalue weighted by atomic mass is 10.3. The van der Waals surface area contributed by atoms with Gasteiger partial charge in [0.2, 0.25) is 11.8 Å². The monoisotopic (exact) mass is 688 g/mol. The molecule has 0 radical (unpaired) electrons. The summed E-state index contributed by atoms with van der Waals surface area (Å²) in [4.78, 5) is 33.0. The molecular weight excluding hydrogens is 661 g/mol. The van der Waals surface area contributed by atoms with E-state index in [4.69, 9.17) is 0 Å². The average Bonchev–Trinajstić information content (AvgIpc) is 3.95. The number of hydrogen-bond donors (Lipinski definition) is 2. The topological polar surface area (TPSA) is 129 Å². The highest BCUT2D eigenvalue weighted by molar-refractivity contribution is 5.91. The largest absolute Gasteiger partial charge is 0.321 e. The minimum atomic E-state index is -0.962. The Morgan fingerprint density at radius 2 is 1.10 bits per heavy atom. The van der Waals surface area contributed by atoms with E-state index < -0.39 is 11.6 Å². The molecule has 0 aliphatic rings. The summed E-state index contributed by atoms with van der Waals surface area (Å²) in [5.41, 5.74) is 4.33. The van der Waals surface area contributed by atoms with E-state index in [9.17, 15) is 22.8 Å². The Labute approximate surface area is 287 Å². The molecule has 51 heavy (non-hydrogen) atoms. The van der Waals surface area contributed by atoms with Gasteiger partial charge in [0.25, 0.3) is 0 Å². The fourth-order valence-corrected chi connectivity index (χ4v) is 5.26. The highest BCUT2D eigenvalue weighted by Gasteiger charge is 2.12. The number of nitrogens with one attached hydrogen (secondary N) is 2. The molecule has 2 amide bonds. The summed E-state index contributed by atoms with van der Waals surface area (Å²) >= 11 is 0. The van der Waals surface area contributed by atoms with Crippen LogP contribution in [0.15, 0.2) is 128 Å². The SMILES string of the molecule is O=C(Cn1cnc2ccccc21)Nc1ccn(-c2ccc(F)c(F)c2)n1.O=C(Cn1cnc2ccccc21)Nc1ccn(-c2cccc(F)c2)n1. The molecule has 2 N–H and O–H groups in total. The summed E-state index contributed by atoms with van der Waals surface area (Å²) in [5, 5.41) is 13.8. The zero-order valence-corrected chi connectivity index (χ0v) is 26.6. The normalized spacial score (nSPS) is 11.0. The molecule has 0 atom stereocenters. The van der Waals surface area contributed by atoms with E-state index in [1.807, 2.05) is 48.5 Å². The molecule has 0 spiro atoms. The van der Waals surface area contributed by atoms with E-state index >= 15 is 0 Å². The first-order valence-corrected chi connectivity index (χ1v) is 15.5. The smallest absolute Gasteiger partial charge is 0.245 e. The summed E-state index contributed by atoms with van der Waals surface area (Å²) in [7, 11) is 0. The number of aromatic nitrogens is 8. The van der Waals surface area contributed by atoms with Crippen LogP contribution in [0.1, 0.15) is 0 Å². The summed E-state index contributed by atoms with van der Waals surface area (Å²) in [6, 6.07) is 27.9. The van der Waals surface area contributed by atoms with E-state index in [-0.39, 0.29) is 30.7 Å². The summed E-state index contributed by atoms with van der Waals surface area (Å²) in [6.45, 7) is 0.214. The van der Waals surface area contributed by atoms with Crippen molar-refractivity contribution in [2.45, 2.75) is 13.1 Å². The molecule has 12 nitrogen and oxygen atoms in total. The van der Waals surface area contributed by atoms with Gasteiger partial charge in [-0.3, -0.25) is 9.59 Å². The Morgan fingerprint density at radius 1 is 0.569 bits per heavy atom. The molecule has 0 fully saturated rings. The van der Waals surface area contributed by atoms with Crippen molar-refractivity contribution in [2.75, 3.05) is 10.6 Å². The van der Waals surface area contributed by atoms with E-state index in [2.05, 4.69) is 30.8 Å². The van der Waals surface area contributed by atoms with Crippen LogP contribution in [0.25, 0.3) is 33.4 Å². The summed E-state index contributed by atoms with van der Waals surface area (Å²) in [6.07, 6.45) is 6.45. The maximum absolute atomic E-state index is 13.3. The summed E-state index contributed by atoms with van der Waals surface area (Å²) < 4.78 is 46.0.